The normalized spacial score (nSPS) is 34.2. The summed E-state index contributed by atoms with van der Waals surface area (Å²) in [4.78, 5) is 11.1. The predicted octanol–water partition coefficient (Wildman–Crippen LogP) is 1.96. The fourth-order valence-electron chi connectivity index (χ4n) is 4.13. The molecule has 1 saturated heterocycles. The van der Waals surface area contributed by atoms with E-state index in [4.69, 9.17) is 5.73 Å². The molecule has 2 heterocycles. The third kappa shape index (κ3) is 3.19. The van der Waals surface area contributed by atoms with Crippen molar-refractivity contribution in [2.45, 2.75) is 63.6 Å². The quantitative estimate of drug-likeness (QED) is 0.890. The maximum Gasteiger partial charge on any atom is 0.144 e. The Hall–Kier alpha value is -1.20. The van der Waals surface area contributed by atoms with E-state index >= 15 is 0 Å². The summed E-state index contributed by atoms with van der Waals surface area (Å²) >= 11 is 0. The number of hydrogen-bond acceptors (Lipinski definition) is 5. The van der Waals surface area contributed by atoms with E-state index in [2.05, 4.69) is 14.9 Å². The molecule has 1 saturated carbocycles. The van der Waals surface area contributed by atoms with Gasteiger partial charge in [-0.1, -0.05) is 12.8 Å². The molecule has 0 aromatic carbocycles. The first-order valence-corrected chi connectivity index (χ1v) is 8.10. The van der Waals surface area contributed by atoms with Crippen molar-refractivity contribution in [1.29, 1.82) is 0 Å². The van der Waals surface area contributed by atoms with E-state index in [9.17, 15) is 5.11 Å². The Balaban J connectivity index is 1.73. The number of hydrogen-bond donors (Lipinski definition) is 2. The van der Waals surface area contributed by atoms with Gasteiger partial charge in [-0.15, -0.1) is 0 Å². The molecule has 3 N–H and O–H groups in total. The van der Waals surface area contributed by atoms with Gasteiger partial charge in [0.25, 0.3) is 0 Å². The maximum absolute atomic E-state index is 10.7. The Morgan fingerprint density at radius 2 is 2.24 bits per heavy atom. The number of aromatic nitrogens is 2. The molecule has 0 bridgehead atoms. The van der Waals surface area contributed by atoms with Gasteiger partial charge in [0.05, 0.1) is 12.1 Å². The van der Waals surface area contributed by atoms with Gasteiger partial charge in [0.1, 0.15) is 11.6 Å². The number of nitrogens with two attached hydrogens (primary N) is 1. The van der Waals surface area contributed by atoms with Gasteiger partial charge in [0.2, 0.25) is 0 Å². The first kappa shape index (κ1) is 14.7. The second kappa shape index (κ2) is 5.89. The summed E-state index contributed by atoms with van der Waals surface area (Å²) in [5.74, 6) is 1.69. The molecule has 2 aliphatic rings. The van der Waals surface area contributed by atoms with Crippen molar-refractivity contribution < 1.29 is 5.11 Å². The number of anilines is 1. The largest absolute Gasteiger partial charge is 0.390 e. The van der Waals surface area contributed by atoms with Gasteiger partial charge in [0.15, 0.2) is 0 Å². The molecule has 3 rings (SSSR count). The van der Waals surface area contributed by atoms with Crippen molar-refractivity contribution in [2.24, 2.45) is 5.92 Å². The zero-order chi connectivity index (χ0) is 14.9. The molecule has 1 aliphatic heterocycles. The highest BCUT2D eigenvalue weighted by Crippen LogP contribution is 2.40. The predicted molar refractivity (Wildman–Crippen MR) is 82.5 cm³/mol. The van der Waals surface area contributed by atoms with E-state index in [0.717, 1.165) is 38.2 Å². The SMILES string of the molecule is CC1(O)CCCCC1C1CCCN1Cc1nccc(N)n1. The fraction of sp³-hybridized carbons (Fsp3) is 0.750. The van der Waals surface area contributed by atoms with E-state index in [1.807, 2.05) is 6.92 Å². The molecule has 1 aliphatic carbocycles. The van der Waals surface area contributed by atoms with Crippen LogP contribution in [0.2, 0.25) is 0 Å². The highest BCUT2D eigenvalue weighted by molar-refractivity contribution is 5.25. The van der Waals surface area contributed by atoms with Crippen LogP contribution in [0, 0.1) is 5.92 Å². The number of nitrogens with zero attached hydrogens (tertiary/aromatic N) is 3. The number of nitrogen functional groups attached to an aromatic ring is 1. The molecule has 5 nitrogen and oxygen atoms in total. The monoisotopic (exact) mass is 290 g/mol. The lowest BCUT2D eigenvalue weighted by molar-refractivity contribution is -0.0631. The van der Waals surface area contributed by atoms with E-state index in [1.165, 1.54) is 19.3 Å². The molecule has 5 heteroatoms. The Kier molecular flexibility index (Phi) is 4.13. The highest BCUT2D eigenvalue weighted by atomic mass is 16.3. The van der Waals surface area contributed by atoms with Gasteiger partial charge >= 0.3 is 0 Å². The van der Waals surface area contributed by atoms with Crippen LogP contribution in [-0.2, 0) is 6.54 Å². The molecule has 0 radical (unpaired) electrons. The molecule has 3 unspecified atom stereocenters. The van der Waals surface area contributed by atoms with E-state index in [0.29, 0.717) is 17.8 Å². The zero-order valence-corrected chi connectivity index (χ0v) is 12.8. The summed E-state index contributed by atoms with van der Waals surface area (Å²) in [7, 11) is 0. The van der Waals surface area contributed by atoms with Crippen LogP contribution >= 0.6 is 0 Å². The molecule has 3 atom stereocenters. The molecular formula is C16H26N4O. The Labute approximate surface area is 126 Å². The first-order valence-electron chi connectivity index (χ1n) is 8.10. The summed E-state index contributed by atoms with van der Waals surface area (Å²) < 4.78 is 0. The number of rotatable bonds is 3. The van der Waals surface area contributed by atoms with E-state index in [-0.39, 0.29) is 0 Å². The molecule has 1 aromatic rings. The second-order valence-electron chi connectivity index (χ2n) is 6.79. The minimum atomic E-state index is -0.526. The van der Waals surface area contributed by atoms with Gasteiger partial charge in [-0.05, 0) is 45.2 Å². The molecule has 21 heavy (non-hydrogen) atoms. The zero-order valence-electron chi connectivity index (χ0n) is 12.8. The van der Waals surface area contributed by atoms with Crippen LogP contribution in [-0.4, -0.2) is 38.2 Å². The first-order chi connectivity index (χ1) is 10.1. The fourth-order valence-corrected chi connectivity index (χ4v) is 4.13. The van der Waals surface area contributed by atoms with Gasteiger partial charge in [-0.2, -0.15) is 0 Å². The van der Waals surface area contributed by atoms with E-state index < -0.39 is 5.60 Å². The van der Waals surface area contributed by atoms with Crippen molar-refractivity contribution in [3.05, 3.63) is 18.1 Å². The van der Waals surface area contributed by atoms with Crippen LogP contribution in [0.1, 0.15) is 51.3 Å². The standard InChI is InChI=1S/C16H26N4O/c1-16(21)8-3-2-5-12(16)13-6-4-10-20(13)11-15-18-9-7-14(17)19-15/h7,9,12-13,21H,2-6,8,10-11H2,1H3,(H2,17,18,19). The van der Waals surface area contributed by atoms with Crippen molar-refractivity contribution in [2.75, 3.05) is 12.3 Å². The van der Waals surface area contributed by atoms with Crippen LogP contribution in [0.25, 0.3) is 0 Å². The second-order valence-corrected chi connectivity index (χ2v) is 6.79. The lowest BCUT2D eigenvalue weighted by Gasteiger charge is -2.43. The van der Waals surface area contributed by atoms with Crippen molar-refractivity contribution >= 4 is 5.82 Å². The van der Waals surface area contributed by atoms with Gasteiger partial charge in [0, 0.05) is 18.2 Å². The average Bonchev–Trinajstić information content (AvgIpc) is 2.86. The van der Waals surface area contributed by atoms with Gasteiger partial charge in [-0.25, -0.2) is 9.97 Å². The number of aliphatic hydroxyl groups is 1. The van der Waals surface area contributed by atoms with Gasteiger partial charge in [-0.3, -0.25) is 4.90 Å². The van der Waals surface area contributed by atoms with Crippen molar-refractivity contribution in [3.8, 4) is 0 Å². The smallest absolute Gasteiger partial charge is 0.144 e. The summed E-state index contributed by atoms with van der Waals surface area (Å²) in [5.41, 5.74) is 5.22. The van der Waals surface area contributed by atoms with Gasteiger partial charge < -0.3 is 10.8 Å². The Bertz CT molecular complexity index is 491. The summed E-state index contributed by atoms with van der Waals surface area (Å²) in [6.07, 6.45) is 8.53. The molecule has 1 aromatic heterocycles. The summed E-state index contributed by atoms with van der Waals surface area (Å²) in [5, 5.41) is 10.7. The third-order valence-electron chi connectivity index (χ3n) is 5.20. The van der Waals surface area contributed by atoms with E-state index in [1.54, 1.807) is 12.3 Å². The Morgan fingerprint density at radius 3 is 3.00 bits per heavy atom. The Morgan fingerprint density at radius 1 is 1.38 bits per heavy atom. The van der Waals surface area contributed by atoms with Crippen LogP contribution in [0.5, 0.6) is 0 Å². The molecule has 0 amide bonds. The summed E-state index contributed by atoms with van der Waals surface area (Å²) in [6, 6.07) is 2.17. The lowest BCUT2D eigenvalue weighted by atomic mass is 9.72. The topological polar surface area (TPSA) is 75.3 Å². The minimum absolute atomic E-state index is 0.370. The van der Waals surface area contributed by atoms with Crippen LogP contribution < -0.4 is 5.73 Å². The van der Waals surface area contributed by atoms with Crippen LogP contribution in [0.3, 0.4) is 0 Å². The lowest BCUT2D eigenvalue weighted by Crippen LogP contribution is -2.48. The number of likely N-dealkylation sites (tertiary alicyclic amines) is 1. The van der Waals surface area contributed by atoms with Crippen molar-refractivity contribution in [1.82, 2.24) is 14.9 Å². The highest BCUT2D eigenvalue weighted by Gasteiger charge is 2.43. The molecule has 0 spiro atoms. The maximum atomic E-state index is 10.7. The van der Waals surface area contributed by atoms with Crippen LogP contribution in [0.15, 0.2) is 12.3 Å². The third-order valence-corrected chi connectivity index (χ3v) is 5.20. The average molecular weight is 290 g/mol. The van der Waals surface area contributed by atoms with Crippen molar-refractivity contribution in [3.63, 3.8) is 0 Å². The molecule has 2 fully saturated rings. The summed E-state index contributed by atoms with van der Waals surface area (Å²) in [6.45, 7) is 3.82. The molecular weight excluding hydrogens is 264 g/mol. The molecule has 116 valence electrons. The minimum Gasteiger partial charge on any atom is -0.390 e. The van der Waals surface area contributed by atoms with Crippen LogP contribution in [0.4, 0.5) is 5.82 Å².